The number of aromatic nitrogens is 2. The van der Waals surface area contributed by atoms with Crippen LogP contribution in [-0.2, 0) is 0 Å². The maximum atomic E-state index is 6.04. The van der Waals surface area contributed by atoms with Gasteiger partial charge in [-0.2, -0.15) is 0 Å². The quantitative estimate of drug-likeness (QED) is 0.774. The van der Waals surface area contributed by atoms with Crippen LogP contribution in [-0.4, -0.2) is 17.1 Å². The van der Waals surface area contributed by atoms with Gasteiger partial charge in [0, 0.05) is 5.56 Å². The number of ether oxygens (including phenoxy) is 1. The van der Waals surface area contributed by atoms with E-state index >= 15 is 0 Å². The van der Waals surface area contributed by atoms with Crippen LogP contribution in [0.4, 0.5) is 0 Å². The van der Waals surface area contributed by atoms with E-state index in [1.807, 2.05) is 0 Å². The highest BCUT2D eigenvalue weighted by Crippen LogP contribution is 2.36. The minimum atomic E-state index is 0.335. The zero-order valence-corrected chi connectivity index (χ0v) is 11.7. The maximum Gasteiger partial charge on any atom is 0.182 e. The van der Waals surface area contributed by atoms with E-state index < -0.39 is 0 Å². The minimum absolute atomic E-state index is 0.335. The second-order valence-electron chi connectivity index (χ2n) is 4.32. The van der Waals surface area contributed by atoms with E-state index in [0.29, 0.717) is 10.9 Å². The molecule has 0 aliphatic heterocycles. The summed E-state index contributed by atoms with van der Waals surface area (Å²) in [6, 6.07) is 4.25. The van der Waals surface area contributed by atoms with Crippen LogP contribution in [0.2, 0.25) is 5.15 Å². The van der Waals surface area contributed by atoms with Crippen LogP contribution >= 0.6 is 11.6 Å². The molecule has 0 spiro atoms. The fourth-order valence-electron chi connectivity index (χ4n) is 2.26. The first-order chi connectivity index (χ1) is 8.54. The van der Waals surface area contributed by atoms with Crippen molar-refractivity contribution in [2.45, 2.75) is 20.8 Å². The zero-order valence-electron chi connectivity index (χ0n) is 10.9. The lowest BCUT2D eigenvalue weighted by Gasteiger charge is -2.14. The molecule has 0 amide bonds. The lowest BCUT2D eigenvalue weighted by atomic mass is 9.97. The fraction of sp³-hybridized carbons (Fsp3) is 0.286. The highest BCUT2D eigenvalue weighted by atomic mass is 35.5. The van der Waals surface area contributed by atoms with Gasteiger partial charge >= 0.3 is 0 Å². The number of hydrogen-bond acceptors (Lipinski definition) is 3. The van der Waals surface area contributed by atoms with Gasteiger partial charge in [-0.05, 0) is 31.9 Å². The van der Waals surface area contributed by atoms with Gasteiger partial charge in [0.2, 0.25) is 0 Å². The van der Waals surface area contributed by atoms with E-state index in [2.05, 4.69) is 42.9 Å². The number of methoxy groups -OCH3 is 1. The van der Waals surface area contributed by atoms with Crippen molar-refractivity contribution in [3.63, 3.8) is 0 Å². The molecule has 0 N–H and O–H groups in total. The zero-order chi connectivity index (χ0) is 13.3. The van der Waals surface area contributed by atoms with E-state index in [1.54, 1.807) is 7.11 Å². The van der Waals surface area contributed by atoms with E-state index in [1.165, 1.54) is 11.9 Å². The maximum absolute atomic E-state index is 6.04. The number of rotatable bonds is 2. The summed E-state index contributed by atoms with van der Waals surface area (Å²) in [5.74, 6) is 0.522. The molecule has 1 heterocycles. The molecule has 0 atom stereocenters. The molecule has 4 heteroatoms. The van der Waals surface area contributed by atoms with E-state index in [-0.39, 0.29) is 0 Å². The van der Waals surface area contributed by atoms with Gasteiger partial charge < -0.3 is 4.74 Å². The Morgan fingerprint density at radius 1 is 1.06 bits per heavy atom. The topological polar surface area (TPSA) is 35.0 Å². The summed E-state index contributed by atoms with van der Waals surface area (Å²) in [5.41, 5.74) is 5.34. The molecule has 0 saturated carbocycles. The smallest absolute Gasteiger partial charge is 0.182 e. The van der Waals surface area contributed by atoms with Crippen molar-refractivity contribution in [3.8, 4) is 17.0 Å². The van der Waals surface area contributed by atoms with Gasteiger partial charge in [0.15, 0.2) is 10.9 Å². The number of benzene rings is 1. The minimum Gasteiger partial charge on any atom is -0.491 e. The molecule has 1 aromatic carbocycles. The van der Waals surface area contributed by atoms with Gasteiger partial charge in [-0.3, -0.25) is 0 Å². The molecule has 1 aromatic heterocycles. The molecule has 2 rings (SSSR count). The Bertz CT molecular complexity index is 573. The first-order valence-electron chi connectivity index (χ1n) is 5.67. The molecule has 0 aliphatic rings. The molecule has 2 aromatic rings. The summed E-state index contributed by atoms with van der Waals surface area (Å²) in [7, 11) is 1.58. The molecule has 3 nitrogen and oxygen atoms in total. The molecular weight excluding hydrogens is 248 g/mol. The average molecular weight is 263 g/mol. The first-order valence-corrected chi connectivity index (χ1v) is 6.05. The summed E-state index contributed by atoms with van der Waals surface area (Å²) in [5, 5.41) is 0.335. The van der Waals surface area contributed by atoms with Crippen molar-refractivity contribution in [2.24, 2.45) is 0 Å². The van der Waals surface area contributed by atoms with Crippen molar-refractivity contribution in [3.05, 3.63) is 40.3 Å². The van der Waals surface area contributed by atoms with Crippen molar-refractivity contribution in [1.82, 2.24) is 9.97 Å². The normalized spacial score (nSPS) is 10.5. The van der Waals surface area contributed by atoms with Gasteiger partial charge in [0.1, 0.15) is 12.0 Å². The van der Waals surface area contributed by atoms with Gasteiger partial charge in [-0.15, -0.1) is 0 Å². The van der Waals surface area contributed by atoms with Crippen LogP contribution in [0.5, 0.6) is 5.75 Å². The largest absolute Gasteiger partial charge is 0.491 e. The number of nitrogens with zero attached hydrogens (tertiary/aromatic N) is 2. The van der Waals surface area contributed by atoms with Crippen molar-refractivity contribution >= 4 is 11.6 Å². The van der Waals surface area contributed by atoms with E-state index in [0.717, 1.165) is 22.4 Å². The van der Waals surface area contributed by atoms with Crippen LogP contribution in [0, 0.1) is 20.8 Å². The Hall–Kier alpha value is -1.61. The predicted molar refractivity (Wildman–Crippen MR) is 73.2 cm³/mol. The Morgan fingerprint density at radius 3 is 2.22 bits per heavy atom. The van der Waals surface area contributed by atoms with E-state index in [4.69, 9.17) is 16.3 Å². The molecule has 0 bridgehead atoms. The molecule has 0 radical (unpaired) electrons. The summed E-state index contributed by atoms with van der Waals surface area (Å²) in [6.07, 6.45) is 1.46. The Kier molecular flexibility index (Phi) is 3.53. The van der Waals surface area contributed by atoms with Crippen LogP contribution in [0.3, 0.4) is 0 Å². The molecule has 0 fully saturated rings. The van der Waals surface area contributed by atoms with Gasteiger partial charge in [-0.25, -0.2) is 9.97 Å². The lowest BCUT2D eigenvalue weighted by Crippen LogP contribution is -1.98. The Labute approximate surface area is 112 Å². The molecule has 0 unspecified atom stereocenters. The molecule has 18 heavy (non-hydrogen) atoms. The highest BCUT2D eigenvalue weighted by molar-refractivity contribution is 6.31. The molecule has 94 valence electrons. The highest BCUT2D eigenvalue weighted by Gasteiger charge is 2.16. The third-order valence-corrected chi connectivity index (χ3v) is 3.15. The van der Waals surface area contributed by atoms with Crippen LogP contribution in [0.15, 0.2) is 18.5 Å². The van der Waals surface area contributed by atoms with E-state index in [9.17, 15) is 0 Å². The molecule has 0 aliphatic carbocycles. The Balaban J connectivity index is 2.73. The van der Waals surface area contributed by atoms with Crippen molar-refractivity contribution < 1.29 is 4.74 Å². The predicted octanol–water partition coefficient (Wildman–Crippen LogP) is 3.73. The molecule has 0 saturated heterocycles. The number of halogens is 1. The molecular formula is C14H15ClN2O. The number of hydrogen-bond donors (Lipinski definition) is 0. The third-order valence-electron chi connectivity index (χ3n) is 2.88. The second-order valence-corrected chi connectivity index (χ2v) is 4.68. The summed E-state index contributed by atoms with van der Waals surface area (Å²) in [4.78, 5) is 8.25. The van der Waals surface area contributed by atoms with Crippen molar-refractivity contribution in [2.75, 3.05) is 7.11 Å². The summed E-state index contributed by atoms with van der Waals surface area (Å²) in [6.45, 7) is 6.20. The number of aryl methyl sites for hydroxylation is 3. The van der Waals surface area contributed by atoms with Crippen LogP contribution < -0.4 is 4.74 Å². The van der Waals surface area contributed by atoms with Crippen LogP contribution in [0.25, 0.3) is 11.3 Å². The fourth-order valence-corrected chi connectivity index (χ4v) is 2.48. The monoisotopic (exact) mass is 262 g/mol. The van der Waals surface area contributed by atoms with Crippen LogP contribution in [0.1, 0.15) is 16.7 Å². The lowest BCUT2D eigenvalue weighted by molar-refractivity contribution is 0.413. The standard InChI is InChI=1S/C14H15ClN2O/c1-8-5-9(2)11(10(3)6-8)12-13(18-4)14(15)17-7-16-12/h5-7H,1-4H3. The van der Waals surface area contributed by atoms with Gasteiger partial charge in [-0.1, -0.05) is 29.3 Å². The first kappa shape index (κ1) is 12.8. The Morgan fingerprint density at radius 2 is 1.67 bits per heavy atom. The van der Waals surface area contributed by atoms with Gasteiger partial charge in [0.05, 0.1) is 7.11 Å². The average Bonchev–Trinajstić information content (AvgIpc) is 2.27. The van der Waals surface area contributed by atoms with Crippen molar-refractivity contribution in [1.29, 1.82) is 0 Å². The SMILES string of the molecule is COc1c(Cl)ncnc1-c1c(C)cc(C)cc1C. The summed E-state index contributed by atoms with van der Waals surface area (Å²) >= 11 is 6.04. The third kappa shape index (κ3) is 2.18. The summed E-state index contributed by atoms with van der Waals surface area (Å²) < 4.78 is 5.31. The second kappa shape index (κ2) is 4.94. The van der Waals surface area contributed by atoms with Gasteiger partial charge in [0.25, 0.3) is 0 Å².